The number of carbonyl (C=O) groups excluding carboxylic acids is 1. The van der Waals surface area contributed by atoms with Crippen LogP contribution in [0.1, 0.15) is 29.2 Å². The van der Waals surface area contributed by atoms with E-state index in [4.69, 9.17) is 10.5 Å². The van der Waals surface area contributed by atoms with Crippen molar-refractivity contribution in [3.8, 4) is 5.75 Å². The molecule has 0 atom stereocenters. The normalized spacial score (nSPS) is 10.5. The van der Waals surface area contributed by atoms with Gasteiger partial charge in [-0.3, -0.25) is 4.79 Å². The molecule has 3 N–H and O–H groups in total. The number of carbonyl (C=O) groups is 1. The fourth-order valence-electron chi connectivity index (χ4n) is 2.75. The van der Waals surface area contributed by atoms with Crippen LogP contribution in [0.15, 0.2) is 28.7 Å². The number of nitrogens with one attached hydrogen (secondary N) is 1. The molecule has 0 saturated heterocycles. The highest BCUT2D eigenvalue weighted by Crippen LogP contribution is 2.30. The number of anilines is 2. The van der Waals surface area contributed by atoms with Crippen molar-refractivity contribution in [3.05, 3.63) is 51.0 Å². The number of hydrogen-bond acceptors (Lipinski definition) is 3. The monoisotopic (exact) mass is 390 g/mol. The highest BCUT2D eigenvalue weighted by molar-refractivity contribution is 9.10. The Bertz CT molecular complexity index is 749. The number of amides is 1. The van der Waals surface area contributed by atoms with Crippen molar-refractivity contribution < 1.29 is 9.53 Å². The number of nitrogen functional groups attached to an aromatic ring is 1. The molecule has 24 heavy (non-hydrogen) atoms. The molecule has 4 nitrogen and oxygen atoms in total. The molecule has 2 aromatic rings. The lowest BCUT2D eigenvalue weighted by molar-refractivity contribution is -0.118. The third kappa shape index (κ3) is 4.29. The maximum absolute atomic E-state index is 12.3. The molecule has 0 radical (unpaired) electrons. The summed E-state index contributed by atoms with van der Waals surface area (Å²) in [6, 6.07) is 7.75. The van der Waals surface area contributed by atoms with Gasteiger partial charge in [-0.15, -0.1) is 0 Å². The summed E-state index contributed by atoms with van der Waals surface area (Å²) in [6.45, 7) is 7.91. The average molecular weight is 391 g/mol. The Balaban J connectivity index is 2.10. The van der Waals surface area contributed by atoms with E-state index in [0.29, 0.717) is 11.4 Å². The molecule has 0 unspecified atom stereocenters. The van der Waals surface area contributed by atoms with Crippen LogP contribution < -0.4 is 15.8 Å². The molecule has 0 fully saturated rings. The van der Waals surface area contributed by atoms with Crippen molar-refractivity contribution in [2.75, 3.05) is 17.7 Å². The van der Waals surface area contributed by atoms with E-state index < -0.39 is 0 Å². The van der Waals surface area contributed by atoms with Crippen LogP contribution in [0.3, 0.4) is 0 Å². The number of benzene rings is 2. The first-order valence-corrected chi connectivity index (χ1v) is 8.69. The fourth-order valence-corrected chi connectivity index (χ4v) is 3.53. The summed E-state index contributed by atoms with van der Waals surface area (Å²) in [7, 11) is 0. The van der Waals surface area contributed by atoms with Crippen molar-refractivity contribution in [1.29, 1.82) is 0 Å². The first-order valence-electron chi connectivity index (χ1n) is 7.90. The molecule has 0 spiro atoms. The molecule has 5 heteroatoms. The van der Waals surface area contributed by atoms with Crippen LogP contribution >= 0.6 is 15.9 Å². The van der Waals surface area contributed by atoms with E-state index in [2.05, 4.69) is 21.2 Å². The summed E-state index contributed by atoms with van der Waals surface area (Å²) < 4.78 is 6.56. The molecule has 0 aliphatic heterocycles. The summed E-state index contributed by atoms with van der Waals surface area (Å²) in [6.07, 6.45) is 0.797. The second-order valence-corrected chi connectivity index (χ2v) is 6.81. The predicted octanol–water partition coefficient (Wildman–Crippen LogP) is 4.54. The quantitative estimate of drug-likeness (QED) is 0.736. The summed E-state index contributed by atoms with van der Waals surface area (Å²) in [5, 5.41) is 2.94. The van der Waals surface area contributed by atoms with Gasteiger partial charge in [-0.25, -0.2) is 0 Å². The first kappa shape index (κ1) is 18.3. The van der Waals surface area contributed by atoms with E-state index in [9.17, 15) is 4.79 Å². The summed E-state index contributed by atoms with van der Waals surface area (Å²) in [5.41, 5.74) is 11.5. The minimum atomic E-state index is -0.190. The van der Waals surface area contributed by atoms with E-state index in [-0.39, 0.29) is 12.5 Å². The Morgan fingerprint density at radius 2 is 1.88 bits per heavy atom. The minimum Gasteiger partial charge on any atom is -0.482 e. The number of ether oxygens (including phenoxy) is 1. The molecule has 0 saturated carbocycles. The smallest absolute Gasteiger partial charge is 0.262 e. The maximum atomic E-state index is 12.3. The lowest BCUT2D eigenvalue weighted by Crippen LogP contribution is -2.22. The van der Waals surface area contributed by atoms with Crippen molar-refractivity contribution in [2.45, 2.75) is 34.1 Å². The van der Waals surface area contributed by atoms with Crippen LogP contribution in [0.2, 0.25) is 0 Å². The summed E-state index contributed by atoms with van der Waals surface area (Å²) in [5.74, 6) is 0.505. The van der Waals surface area contributed by atoms with E-state index in [0.717, 1.165) is 38.8 Å². The van der Waals surface area contributed by atoms with Gasteiger partial charge in [0.05, 0.1) is 4.47 Å². The Morgan fingerprint density at radius 3 is 2.50 bits per heavy atom. The third-order valence-corrected chi connectivity index (χ3v) is 4.40. The van der Waals surface area contributed by atoms with Crippen LogP contribution in [0, 0.1) is 20.8 Å². The summed E-state index contributed by atoms with van der Waals surface area (Å²) >= 11 is 3.49. The molecular formula is C19H23BrN2O2. The van der Waals surface area contributed by atoms with Crippen LogP contribution in [0.5, 0.6) is 5.75 Å². The van der Waals surface area contributed by atoms with Gasteiger partial charge in [0, 0.05) is 11.4 Å². The Kier molecular flexibility index (Phi) is 5.89. The van der Waals surface area contributed by atoms with Crippen LogP contribution in [0.4, 0.5) is 11.4 Å². The number of halogens is 1. The molecule has 1 amide bonds. The molecule has 0 aliphatic carbocycles. The molecular weight excluding hydrogens is 368 g/mol. The third-order valence-electron chi connectivity index (χ3n) is 3.81. The zero-order chi connectivity index (χ0) is 17.9. The standard InChI is InChI=1S/C19H23BrN2O2/c1-5-14-9-15(21)8-12(3)18(14)22-17(23)10-24-19-13(4)6-11(2)7-16(19)20/h6-9H,5,10,21H2,1-4H3,(H,22,23). The highest BCUT2D eigenvalue weighted by atomic mass is 79.9. The van der Waals surface area contributed by atoms with E-state index in [1.165, 1.54) is 0 Å². The SMILES string of the molecule is CCc1cc(N)cc(C)c1NC(=O)COc1c(C)cc(C)cc1Br. The van der Waals surface area contributed by atoms with E-state index in [1.54, 1.807) is 0 Å². The number of aryl methyl sites for hydroxylation is 4. The zero-order valence-electron chi connectivity index (χ0n) is 14.5. The van der Waals surface area contributed by atoms with Gasteiger partial charge in [-0.1, -0.05) is 13.0 Å². The second kappa shape index (κ2) is 7.71. The highest BCUT2D eigenvalue weighted by Gasteiger charge is 2.12. The van der Waals surface area contributed by atoms with E-state index >= 15 is 0 Å². The molecule has 0 heterocycles. The Hall–Kier alpha value is -2.01. The van der Waals surface area contributed by atoms with Gasteiger partial charge in [0.15, 0.2) is 6.61 Å². The summed E-state index contributed by atoms with van der Waals surface area (Å²) in [4.78, 5) is 12.3. The number of rotatable bonds is 5. The molecule has 2 rings (SSSR count). The van der Waals surface area contributed by atoms with Gasteiger partial charge in [0.25, 0.3) is 5.91 Å². The van der Waals surface area contributed by atoms with E-state index in [1.807, 2.05) is 52.0 Å². The fraction of sp³-hybridized carbons (Fsp3) is 0.316. The molecule has 0 bridgehead atoms. The number of nitrogens with two attached hydrogens (primary N) is 1. The van der Waals surface area contributed by atoms with Crippen LogP contribution in [-0.4, -0.2) is 12.5 Å². The van der Waals surface area contributed by atoms with Gasteiger partial charge in [-0.05, 0) is 83.6 Å². The van der Waals surface area contributed by atoms with Crippen molar-refractivity contribution in [3.63, 3.8) is 0 Å². The predicted molar refractivity (Wildman–Crippen MR) is 103 cm³/mol. The second-order valence-electron chi connectivity index (χ2n) is 5.96. The average Bonchev–Trinajstić information content (AvgIpc) is 2.48. The van der Waals surface area contributed by atoms with Gasteiger partial charge >= 0.3 is 0 Å². The molecule has 0 aromatic heterocycles. The largest absolute Gasteiger partial charge is 0.482 e. The van der Waals surface area contributed by atoms with Gasteiger partial charge in [0.1, 0.15) is 5.75 Å². The van der Waals surface area contributed by atoms with Crippen molar-refractivity contribution in [2.24, 2.45) is 0 Å². The lowest BCUT2D eigenvalue weighted by Gasteiger charge is -2.16. The number of hydrogen-bond donors (Lipinski definition) is 2. The van der Waals surface area contributed by atoms with Gasteiger partial charge in [0.2, 0.25) is 0 Å². The molecule has 128 valence electrons. The Labute approximate surface area is 151 Å². The molecule has 0 aliphatic rings. The lowest BCUT2D eigenvalue weighted by atomic mass is 10.0. The van der Waals surface area contributed by atoms with Crippen molar-refractivity contribution >= 4 is 33.2 Å². The van der Waals surface area contributed by atoms with Crippen LogP contribution in [-0.2, 0) is 11.2 Å². The van der Waals surface area contributed by atoms with Crippen molar-refractivity contribution in [1.82, 2.24) is 0 Å². The maximum Gasteiger partial charge on any atom is 0.262 e. The zero-order valence-corrected chi connectivity index (χ0v) is 16.1. The Morgan fingerprint density at radius 1 is 1.17 bits per heavy atom. The molecule has 2 aromatic carbocycles. The topological polar surface area (TPSA) is 64.3 Å². The minimum absolute atomic E-state index is 0.0462. The first-order chi connectivity index (χ1) is 11.3. The van der Waals surface area contributed by atoms with Gasteiger partial charge < -0.3 is 15.8 Å². The van der Waals surface area contributed by atoms with Crippen LogP contribution in [0.25, 0.3) is 0 Å². The van der Waals surface area contributed by atoms with Gasteiger partial charge in [-0.2, -0.15) is 0 Å².